The second-order valence-corrected chi connectivity index (χ2v) is 9.24. The molecule has 1 saturated heterocycles. The van der Waals surface area contributed by atoms with Crippen molar-refractivity contribution >= 4 is 15.7 Å². The molecule has 0 spiro atoms. The molecule has 10 heteroatoms. The largest absolute Gasteiger partial charge is 0.330 e. The molecule has 31 heavy (non-hydrogen) atoms. The van der Waals surface area contributed by atoms with Gasteiger partial charge in [0.25, 0.3) is 5.69 Å². The van der Waals surface area contributed by atoms with E-state index in [1.54, 1.807) is 6.20 Å². The molecule has 0 N–H and O–H groups in total. The second-order valence-electron chi connectivity index (χ2n) is 7.31. The highest BCUT2D eigenvalue weighted by atomic mass is 32.2. The normalized spacial score (nSPS) is 15.7. The predicted octanol–water partition coefficient (Wildman–Crippen LogP) is 2.46. The zero-order valence-corrected chi connectivity index (χ0v) is 17.7. The van der Waals surface area contributed by atoms with Crippen LogP contribution in [0.15, 0.2) is 71.9 Å². The van der Waals surface area contributed by atoms with E-state index < -0.39 is 14.9 Å². The van der Waals surface area contributed by atoms with E-state index in [0.717, 1.165) is 24.5 Å². The van der Waals surface area contributed by atoms with Gasteiger partial charge in [-0.2, -0.15) is 4.31 Å². The standard InChI is InChI=1S/C21H23N5O4S/c27-26(28)19-6-8-20(9-7-19)31(29,30)25-16-13-23(14-17-25)12-15-24-11-10-22-21(24)18-4-2-1-3-5-18/h1-11H,12-17H2. The average molecular weight is 442 g/mol. The summed E-state index contributed by atoms with van der Waals surface area (Å²) in [5.74, 6) is 0.917. The molecule has 0 bridgehead atoms. The van der Waals surface area contributed by atoms with E-state index in [0.29, 0.717) is 26.2 Å². The maximum Gasteiger partial charge on any atom is 0.269 e. The number of aromatic nitrogens is 2. The quantitative estimate of drug-likeness (QED) is 0.412. The Balaban J connectivity index is 1.34. The van der Waals surface area contributed by atoms with Crippen LogP contribution in [0.2, 0.25) is 0 Å². The summed E-state index contributed by atoms with van der Waals surface area (Å²) in [5, 5.41) is 10.8. The van der Waals surface area contributed by atoms with Crippen molar-refractivity contribution in [2.24, 2.45) is 0 Å². The molecule has 0 atom stereocenters. The fourth-order valence-corrected chi connectivity index (χ4v) is 5.09. The van der Waals surface area contributed by atoms with Crippen molar-refractivity contribution < 1.29 is 13.3 Å². The molecule has 1 fully saturated rings. The Hall–Kier alpha value is -3.08. The molecule has 0 saturated carbocycles. The Bertz CT molecular complexity index is 1140. The molecule has 1 aromatic heterocycles. The fourth-order valence-electron chi connectivity index (χ4n) is 3.67. The van der Waals surface area contributed by atoms with Crippen LogP contribution < -0.4 is 0 Å². The molecule has 1 aliphatic rings. The monoisotopic (exact) mass is 441 g/mol. The van der Waals surface area contributed by atoms with Crippen LogP contribution in [0.1, 0.15) is 0 Å². The number of nitro groups is 1. The molecular formula is C21H23N5O4S. The number of hydrogen-bond acceptors (Lipinski definition) is 6. The number of nitro benzene ring substituents is 1. The van der Waals surface area contributed by atoms with Crippen molar-refractivity contribution in [3.63, 3.8) is 0 Å². The molecule has 4 rings (SSSR count). The third kappa shape index (κ3) is 4.66. The summed E-state index contributed by atoms with van der Waals surface area (Å²) in [6.45, 7) is 3.58. The molecule has 2 heterocycles. The average Bonchev–Trinajstić information content (AvgIpc) is 3.27. The number of imidazole rings is 1. The summed E-state index contributed by atoms with van der Waals surface area (Å²) in [5.41, 5.74) is 0.935. The summed E-state index contributed by atoms with van der Waals surface area (Å²) >= 11 is 0. The van der Waals surface area contributed by atoms with Crippen molar-refractivity contribution in [2.45, 2.75) is 11.4 Å². The molecule has 0 unspecified atom stereocenters. The summed E-state index contributed by atoms with van der Waals surface area (Å²) < 4.78 is 29.2. The molecule has 0 aliphatic carbocycles. The minimum atomic E-state index is -3.66. The SMILES string of the molecule is O=[N+]([O-])c1ccc(S(=O)(=O)N2CCN(CCn3ccnc3-c3ccccc3)CC2)cc1. The summed E-state index contributed by atoms with van der Waals surface area (Å²) in [7, 11) is -3.66. The van der Waals surface area contributed by atoms with Gasteiger partial charge in [0.2, 0.25) is 10.0 Å². The van der Waals surface area contributed by atoms with Gasteiger partial charge in [0, 0.05) is 69.4 Å². The highest BCUT2D eigenvalue weighted by Crippen LogP contribution is 2.21. The van der Waals surface area contributed by atoms with Gasteiger partial charge in [-0.3, -0.25) is 15.0 Å². The van der Waals surface area contributed by atoms with E-state index in [9.17, 15) is 18.5 Å². The van der Waals surface area contributed by atoms with E-state index in [1.807, 2.05) is 36.5 Å². The molecular weight excluding hydrogens is 418 g/mol. The minimum Gasteiger partial charge on any atom is -0.330 e. The van der Waals surface area contributed by atoms with Gasteiger partial charge in [-0.25, -0.2) is 13.4 Å². The maximum absolute atomic E-state index is 12.8. The summed E-state index contributed by atoms with van der Waals surface area (Å²) in [4.78, 5) is 17.0. The van der Waals surface area contributed by atoms with Gasteiger partial charge in [0.05, 0.1) is 9.82 Å². The van der Waals surface area contributed by atoms with Crippen molar-refractivity contribution in [3.05, 3.63) is 77.1 Å². The van der Waals surface area contributed by atoms with Gasteiger partial charge in [0.1, 0.15) is 5.82 Å². The van der Waals surface area contributed by atoms with Crippen LogP contribution in [-0.4, -0.2) is 64.8 Å². The first-order valence-electron chi connectivity index (χ1n) is 9.99. The Labute approximate surface area is 180 Å². The van der Waals surface area contributed by atoms with E-state index in [4.69, 9.17) is 0 Å². The van der Waals surface area contributed by atoms with Gasteiger partial charge >= 0.3 is 0 Å². The van der Waals surface area contributed by atoms with E-state index >= 15 is 0 Å². The Morgan fingerprint density at radius 3 is 2.26 bits per heavy atom. The van der Waals surface area contributed by atoms with Crippen molar-refractivity contribution in [2.75, 3.05) is 32.7 Å². The van der Waals surface area contributed by atoms with Gasteiger partial charge < -0.3 is 4.57 Å². The van der Waals surface area contributed by atoms with E-state index in [2.05, 4.69) is 14.5 Å². The van der Waals surface area contributed by atoms with Crippen LogP contribution >= 0.6 is 0 Å². The van der Waals surface area contributed by atoms with Crippen LogP contribution in [-0.2, 0) is 16.6 Å². The molecule has 0 radical (unpaired) electrons. The lowest BCUT2D eigenvalue weighted by Gasteiger charge is -2.34. The maximum atomic E-state index is 12.8. The molecule has 9 nitrogen and oxygen atoms in total. The number of sulfonamides is 1. The first kappa shape index (κ1) is 21.2. The third-order valence-corrected chi connectivity index (χ3v) is 7.33. The minimum absolute atomic E-state index is 0.0810. The molecule has 3 aromatic rings. The van der Waals surface area contributed by atoms with E-state index in [1.165, 1.54) is 28.6 Å². The lowest BCUT2D eigenvalue weighted by atomic mass is 10.2. The van der Waals surface area contributed by atoms with Gasteiger partial charge in [-0.1, -0.05) is 30.3 Å². The van der Waals surface area contributed by atoms with Gasteiger partial charge in [-0.05, 0) is 12.1 Å². The molecule has 162 valence electrons. The van der Waals surface area contributed by atoms with Crippen molar-refractivity contribution in [1.29, 1.82) is 0 Å². The number of hydrogen-bond donors (Lipinski definition) is 0. The number of rotatable bonds is 7. The highest BCUT2D eigenvalue weighted by Gasteiger charge is 2.28. The topological polar surface area (TPSA) is 102 Å². The summed E-state index contributed by atoms with van der Waals surface area (Å²) in [6.07, 6.45) is 3.74. The summed E-state index contributed by atoms with van der Waals surface area (Å²) in [6, 6.07) is 15.0. The highest BCUT2D eigenvalue weighted by molar-refractivity contribution is 7.89. The van der Waals surface area contributed by atoms with Crippen LogP contribution in [0.4, 0.5) is 5.69 Å². The van der Waals surface area contributed by atoms with E-state index in [-0.39, 0.29) is 10.6 Å². The number of nitrogens with zero attached hydrogens (tertiary/aromatic N) is 5. The fraction of sp³-hybridized carbons (Fsp3) is 0.286. The predicted molar refractivity (Wildman–Crippen MR) is 116 cm³/mol. The van der Waals surface area contributed by atoms with Crippen molar-refractivity contribution in [3.8, 4) is 11.4 Å². The third-order valence-electron chi connectivity index (χ3n) is 5.42. The zero-order chi connectivity index (χ0) is 21.8. The lowest BCUT2D eigenvalue weighted by molar-refractivity contribution is -0.384. The van der Waals surface area contributed by atoms with Crippen LogP contribution in [0.3, 0.4) is 0 Å². The first-order chi connectivity index (χ1) is 14.9. The Morgan fingerprint density at radius 2 is 1.61 bits per heavy atom. The van der Waals surface area contributed by atoms with Gasteiger partial charge in [0.15, 0.2) is 0 Å². The lowest BCUT2D eigenvalue weighted by Crippen LogP contribution is -2.49. The number of piperazine rings is 1. The number of benzene rings is 2. The van der Waals surface area contributed by atoms with Crippen molar-refractivity contribution in [1.82, 2.24) is 18.8 Å². The Morgan fingerprint density at radius 1 is 0.935 bits per heavy atom. The molecule has 1 aliphatic heterocycles. The molecule has 2 aromatic carbocycles. The van der Waals surface area contributed by atoms with Crippen LogP contribution in [0.5, 0.6) is 0 Å². The smallest absolute Gasteiger partial charge is 0.269 e. The zero-order valence-electron chi connectivity index (χ0n) is 16.9. The second kappa shape index (κ2) is 8.96. The van der Waals surface area contributed by atoms with Crippen LogP contribution in [0.25, 0.3) is 11.4 Å². The van der Waals surface area contributed by atoms with Crippen LogP contribution in [0, 0.1) is 10.1 Å². The molecule has 0 amide bonds. The number of non-ortho nitro benzene ring substituents is 1. The Kier molecular flexibility index (Phi) is 6.12. The first-order valence-corrected chi connectivity index (χ1v) is 11.4. The van der Waals surface area contributed by atoms with Gasteiger partial charge in [-0.15, -0.1) is 0 Å².